The van der Waals surface area contributed by atoms with Crippen molar-refractivity contribution in [2.45, 2.75) is 5.37 Å². The van der Waals surface area contributed by atoms with E-state index in [4.69, 9.17) is 9.47 Å². The first kappa shape index (κ1) is 20.0. The summed E-state index contributed by atoms with van der Waals surface area (Å²) in [6.07, 6.45) is 0. The van der Waals surface area contributed by atoms with Crippen LogP contribution in [-0.4, -0.2) is 24.4 Å². The van der Waals surface area contributed by atoms with Crippen molar-refractivity contribution in [2.24, 2.45) is 0 Å². The highest BCUT2D eigenvalue weighted by atomic mass is 79.9. The summed E-state index contributed by atoms with van der Waals surface area (Å²) in [4.78, 5) is 27.0. The Labute approximate surface area is 191 Å². The molecule has 1 atom stereocenters. The van der Waals surface area contributed by atoms with Gasteiger partial charge < -0.3 is 14.8 Å². The molecule has 0 aromatic heterocycles. The zero-order valence-electron chi connectivity index (χ0n) is 16.2. The molecule has 156 valence electrons. The van der Waals surface area contributed by atoms with Crippen LogP contribution in [0.3, 0.4) is 0 Å². The molecule has 0 aliphatic carbocycles. The lowest BCUT2D eigenvalue weighted by Crippen LogP contribution is -2.27. The quantitative estimate of drug-likeness (QED) is 0.536. The number of anilines is 2. The number of carbonyl (C=O) groups excluding carboxylic acids is 2. The Bertz CT molecular complexity index is 1170. The van der Waals surface area contributed by atoms with Gasteiger partial charge in [-0.3, -0.25) is 14.5 Å². The van der Waals surface area contributed by atoms with E-state index in [0.717, 1.165) is 15.7 Å². The lowest BCUT2D eigenvalue weighted by Gasteiger charge is -2.25. The fourth-order valence-corrected chi connectivity index (χ4v) is 4.99. The van der Waals surface area contributed by atoms with E-state index in [1.165, 1.54) is 0 Å². The third kappa shape index (κ3) is 4.00. The summed E-state index contributed by atoms with van der Waals surface area (Å²) in [5.41, 5.74) is 2.94. The third-order valence-electron chi connectivity index (χ3n) is 5.04. The molecule has 8 heteroatoms. The first-order valence-corrected chi connectivity index (χ1v) is 11.4. The maximum absolute atomic E-state index is 12.7. The number of rotatable bonds is 4. The van der Waals surface area contributed by atoms with Crippen molar-refractivity contribution in [3.05, 3.63) is 82.3 Å². The second kappa shape index (κ2) is 8.28. The van der Waals surface area contributed by atoms with Gasteiger partial charge in [0.05, 0.1) is 5.75 Å². The minimum atomic E-state index is -0.197. The molecule has 2 aliphatic rings. The van der Waals surface area contributed by atoms with Gasteiger partial charge >= 0.3 is 0 Å². The van der Waals surface area contributed by atoms with Crippen molar-refractivity contribution in [2.75, 3.05) is 22.8 Å². The molecule has 6 nitrogen and oxygen atoms in total. The smallest absolute Gasteiger partial charge is 0.255 e. The molecule has 3 aromatic carbocycles. The monoisotopic (exact) mass is 496 g/mol. The Kier molecular flexibility index (Phi) is 5.33. The molecule has 5 rings (SSSR count). The summed E-state index contributed by atoms with van der Waals surface area (Å²) in [7, 11) is 0. The predicted molar refractivity (Wildman–Crippen MR) is 124 cm³/mol. The van der Waals surface area contributed by atoms with Gasteiger partial charge in [0.15, 0.2) is 11.5 Å². The lowest BCUT2D eigenvalue weighted by molar-refractivity contribution is -0.115. The Hall–Kier alpha value is -2.97. The van der Waals surface area contributed by atoms with Crippen LogP contribution in [0.5, 0.6) is 11.5 Å². The van der Waals surface area contributed by atoms with Crippen LogP contribution >= 0.6 is 27.7 Å². The number of carbonyl (C=O) groups is 2. The van der Waals surface area contributed by atoms with Crippen LogP contribution in [0.1, 0.15) is 21.3 Å². The molecule has 2 heterocycles. The van der Waals surface area contributed by atoms with E-state index < -0.39 is 0 Å². The average molecular weight is 497 g/mol. The van der Waals surface area contributed by atoms with E-state index in [1.54, 1.807) is 28.8 Å². The fourth-order valence-electron chi connectivity index (χ4n) is 3.56. The molecule has 31 heavy (non-hydrogen) atoms. The maximum Gasteiger partial charge on any atom is 0.255 e. The Morgan fingerprint density at radius 3 is 2.68 bits per heavy atom. The molecule has 2 amide bonds. The number of halogens is 1. The fraction of sp³-hybridized carbons (Fsp3) is 0.130. The van der Waals surface area contributed by atoms with Gasteiger partial charge in [-0.05, 0) is 54.1 Å². The van der Waals surface area contributed by atoms with Crippen LogP contribution in [-0.2, 0) is 4.79 Å². The maximum atomic E-state index is 12.7. The van der Waals surface area contributed by atoms with E-state index in [-0.39, 0.29) is 24.0 Å². The van der Waals surface area contributed by atoms with Gasteiger partial charge in [0, 0.05) is 27.5 Å². The molecular formula is C23H17BrN2O4S. The molecule has 1 N–H and O–H groups in total. The first-order chi connectivity index (χ1) is 15.1. The van der Waals surface area contributed by atoms with Crippen LogP contribution in [0.2, 0.25) is 0 Å². The summed E-state index contributed by atoms with van der Waals surface area (Å²) >= 11 is 4.93. The number of nitrogens with zero attached hydrogens (tertiary/aromatic N) is 1. The van der Waals surface area contributed by atoms with Crippen molar-refractivity contribution in [3.8, 4) is 11.5 Å². The second-order valence-electron chi connectivity index (χ2n) is 7.05. The SMILES string of the molecule is O=C(Nc1cccc(C2SCC(=O)N2c2ccc3c(c2)OCO3)c1)c1ccc(Br)cc1. The number of fused-ring (bicyclic) bond motifs is 1. The van der Waals surface area contributed by atoms with Crippen molar-refractivity contribution in [1.82, 2.24) is 0 Å². The summed E-state index contributed by atoms with van der Waals surface area (Å²) < 4.78 is 11.8. The molecule has 1 saturated heterocycles. The normalized spacial score (nSPS) is 17.1. The number of hydrogen-bond acceptors (Lipinski definition) is 5. The number of nitrogens with one attached hydrogen (secondary N) is 1. The van der Waals surface area contributed by atoms with Crippen molar-refractivity contribution in [1.29, 1.82) is 0 Å². The van der Waals surface area contributed by atoms with E-state index in [1.807, 2.05) is 54.6 Å². The average Bonchev–Trinajstić information content (AvgIpc) is 3.40. The molecule has 1 unspecified atom stereocenters. The number of amides is 2. The molecule has 0 bridgehead atoms. The number of ether oxygens (including phenoxy) is 2. The van der Waals surface area contributed by atoms with Crippen LogP contribution in [0.15, 0.2) is 71.2 Å². The largest absolute Gasteiger partial charge is 0.454 e. The van der Waals surface area contributed by atoms with E-state index in [9.17, 15) is 9.59 Å². The summed E-state index contributed by atoms with van der Waals surface area (Å²) in [6.45, 7) is 0.186. The zero-order valence-corrected chi connectivity index (χ0v) is 18.6. The van der Waals surface area contributed by atoms with Crippen LogP contribution in [0.25, 0.3) is 0 Å². The van der Waals surface area contributed by atoms with Crippen LogP contribution < -0.4 is 19.7 Å². The molecule has 3 aromatic rings. The van der Waals surface area contributed by atoms with Crippen LogP contribution in [0.4, 0.5) is 11.4 Å². The minimum Gasteiger partial charge on any atom is -0.454 e. The van der Waals surface area contributed by atoms with Gasteiger partial charge in [0.2, 0.25) is 12.7 Å². The molecule has 2 aliphatic heterocycles. The summed E-state index contributed by atoms with van der Waals surface area (Å²) in [5, 5.41) is 2.74. The minimum absolute atomic E-state index is 0.0261. The van der Waals surface area contributed by atoms with E-state index in [0.29, 0.717) is 28.5 Å². The van der Waals surface area contributed by atoms with Gasteiger partial charge in [-0.25, -0.2) is 0 Å². The van der Waals surface area contributed by atoms with Crippen molar-refractivity contribution < 1.29 is 19.1 Å². The Morgan fingerprint density at radius 1 is 1.03 bits per heavy atom. The summed E-state index contributed by atoms with van der Waals surface area (Å²) in [5.74, 6) is 1.54. The number of benzene rings is 3. The van der Waals surface area contributed by atoms with Gasteiger partial charge in [0.25, 0.3) is 5.91 Å². The van der Waals surface area contributed by atoms with Gasteiger partial charge in [-0.1, -0.05) is 28.1 Å². The highest BCUT2D eigenvalue weighted by Crippen LogP contribution is 2.45. The highest BCUT2D eigenvalue weighted by Gasteiger charge is 2.35. The lowest BCUT2D eigenvalue weighted by atomic mass is 10.1. The summed E-state index contributed by atoms with van der Waals surface area (Å²) in [6, 6.07) is 20.3. The molecule has 0 saturated carbocycles. The highest BCUT2D eigenvalue weighted by molar-refractivity contribution is 9.10. The number of thioether (sulfide) groups is 1. The molecular weight excluding hydrogens is 480 g/mol. The van der Waals surface area contributed by atoms with Crippen LogP contribution in [0, 0.1) is 0 Å². The van der Waals surface area contributed by atoms with Gasteiger partial charge in [-0.15, -0.1) is 11.8 Å². The molecule has 0 spiro atoms. The van der Waals surface area contributed by atoms with Crippen molar-refractivity contribution in [3.63, 3.8) is 0 Å². The van der Waals surface area contributed by atoms with E-state index in [2.05, 4.69) is 21.2 Å². The third-order valence-corrected chi connectivity index (χ3v) is 6.78. The standard InChI is InChI=1S/C23H17BrN2O4S/c24-16-6-4-14(5-7-16)22(28)25-17-3-1-2-15(10-17)23-26(21(27)12-31-23)18-8-9-19-20(11-18)30-13-29-19/h1-11,23H,12-13H2,(H,25,28). The Balaban J connectivity index is 1.40. The number of hydrogen-bond donors (Lipinski definition) is 1. The molecule has 0 radical (unpaired) electrons. The second-order valence-corrected chi connectivity index (χ2v) is 9.04. The Morgan fingerprint density at radius 2 is 1.84 bits per heavy atom. The van der Waals surface area contributed by atoms with Crippen molar-refractivity contribution >= 4 is 50.9 Å². The van der Waals surface area contributed by atoms with Gasteiger partial charge in [-0.2, -0.15) is 0 Å². The van der Waals surface area contributed by atoms with E-state index >= 15 is 0 Å². The molecule has 1 fully saturated rings. The van der Waals surface area contributed by atoms with Gasteiger partial charge in [0.1, 0.15) is 5.37 Å². The zero-order chi connectivity index (χ0) is 21.4. The first-order valence-electron chi connectivity index (χ1n) is 9.59. The topological polar surface area (TPSA) is 67.9 Å². The predicted octanol–water partition coefficient (Wildman–Crippen LogP) is 5.21.